The first-order chi connectivity index (χ1) is 12.3. The SMILES string of the molecule is CCN(CC)S(=O)(=O)c1ccc(C)c(NC(=O)C[NH+]2CCCC[C@@H]2C)c1. The van der Waals surface area contributed by atoms with Crippen molar-refractivity contribution >= 4 is 21.6 Å². The Kier molecular flexibility index (Phi) is 7.20. The molecule has 1 unspecified atom stereocenters. The summed E-state index contributed by atoms with van der Waals surface area (Å²) in [5, 5.41) is 2.92. The van der Waals surface area contributed by atoms with Crippen molar-refractivity contribution in [2.75, 3.05) is 31.5 Å². The number of rotatable bonds is 7. The van der Waals surface area contributed by atoms with Crippen molar-refractivity contribution in [3.8, 4) is 0 Å². The number of likely N-dealkylation sites (tertiary alicyclic amines) is 1. The quantitative estimate of drug-likeness (QED) is 0.749. The van der Waals surface area contributed by atoms with E-state index in [1.54, 1.807) is 18.2 Å². The second kappa shape index (κ2) is 8.97. The second-order valence-corrected chi connectivity index (χ2v) is 9.03. The topological polar surface area (TPSA) is 70.9 Å². The highest BCUT2D eigenvalue weighted by Gasteiger charge is 2.25. The first-order valence-corrected chi connectivity index (χ1v) is 11.0. The van der Waals surface area contributed by atoms with E-state index in [4.69, 9.17) is 0 Å². The van der Waals surface area contributed by atoms with E-state index < -0.39 is 10.0 Å². The number of hydrogen-bond acceptors (Lipinski definition) is 3. The van der Waals surface area contributed by atoms with E-state index >= 15 is 0 Å². The highest BCUT2D eigenvalue weighted by Crippen LogP contribution is 2.23. The monoisotopic (exact) mass is 382 g/mol. The van der Waals surface area contributed by atoms with Crippen molar-refractivity contribution in [2.45, 2.75) is 57.9 Å². The number of sulfonamides is 1. The summed E-state index contributed by atoms with van der Waals surface area (Å²) in [5.74, 6) is -0.0609. The van der Waals surface area contributed by atoms with Crippen molar-refractivity contribution in [1.82, 2.24) is 4.31 Å². The van der Waals surface area contributed by atoms with Gasteiger partial charge in [0.2, 0.25) is 10.0 Å². The van der Waals surface area contributed by atoms with E-state index in [1.165, 1.54) is 15.6 Å². The third-order valence-corrected chi connectivity index (χ3v) is 7.34. The van der Waals surface area contributed by atoms with Crippen LogP contribution in [0, 0.1) is 6.92 Å². The van der Waals surface area contributed by atoms with Crippen LogP contribution in [0.1, 0.15) is 45.6 Å². The molecule has 1 aromatic rings. The summed E-state index contributed by atoms with van der Waals surface area (Å²) in [6.07, 6.45) is 3.54. The molecule has 0 radical (unpaired) electrons. The lowest BCUT2D eigenvalue weighted by atomic mass is 10.0. The van der Waals surface area contributed by atoms with Crippen LogP contribution in [0.25, 0.3) is 0 Å². The first kappa shape index (κ1) is 20.9. The summed E-state index contributed by atoms with van der Waals surface area (Å²) in [7, 11) is -3.54. The van der Waals surface area contributed by atoms with Crippen LogP contribution in [0.15, 0.2) is 23.1 Å². The summed E-state index contributed by atoms with van der Waals surface area (Å²) < 4.78 is 26.8. The van der Waals surface area contributed by atoms with Gasteiger partial charge < -0.3 is 10.2 Å². The first-order valence-electron chi connectivity index (χ1n) is 9.54. The molecule has 0 aromatic heterocycles. The van der Waals surface area contributed by atoms with Gasteiger partial charge in [-0.25, -0.2) is 8.42 Å². The molecule has 0 aliphatic carbocycles. The number of aryl methyl sites for hydroxylation is 1. The molecule has 6 nitrogen and oxygen atoms in total. The van der Waals surface area contributed by atoms with Gasteiger partial charge in [0, 0.05) is 18.8 Å². The smallest absolute Gasteiger partial charge is 0.279 e. The maximum absolute atomic E-state index is 12.7. The van der Waals surface area contributed by atoms with E-state index in [9.17, 15) is 13.2 Å². The van der Waals surface area contributed by atoms with Crippen LogP contribution in [-0.2, 0) is 14.8 Å². The normalized spacial score (nSPS) is 21.0. The Hall–Kier alpha value is -1.44. The summed E-state index contributed by atoms with van der Waals surface area (Å²) in [6, 6.07) is 5.43. The number of carbonyl (C=O) groups excluding carboxylic acids is 1. The van der Waals surface area contributed by atoms with Crippen LogP contribution in [-0.4, -0.2) is 50.9 Å². The summed E-state index contributed by atoms with van der Waals surface area (Å²) >= 11 is 0. The van der Waals surface area contributed by atoms with Crippen LogP contribution < -0.4 is 10.2 Å². The molecule has 2 rings (SSSR count). The Balaban J connectivity index is 2.15. The van der Waals surface area contributed by atoms with Gasteiger partial charge in [0.05, 0.1) is 17.5 Å². The van der Waals surface area contributed by atoms with E-state index in [0.717, 1.165) is 24.9 Å². The van der Waals surface area contributed by atoms with Gasteiger partial charge in [-0.15, -0.1) is 0 Å². The van der Waals surface area contributed by atoms with Crippen molar-refractivity contribution in [3.63, 3.8) is 0 Å². The van der Waals surface area contributed by atoms with Crippen LogP contribution in [0.2, 0.25) is 0 Å². The molecule has 7 heteroatoms. The molecular formula is C19H32N3O3S+. The predicted molar refractivity (Wildman–Crippen MR) is 104 cm³/mol. The van der Waals surface area contributed by atoms with Crippen molar-refractivity contribution < 1.29 is 18.1 Å². The van der Waals surface area contributed by atoms with Crippen LogP contribution in [0.4, 0.5) is 5.69 Å². The van der Waals surface area contributed by atoms with E-state index in [1.807, 2.05) is 20.8 Å². The zero-order valence-corrected chi connectivity index (χ0v) is 17.2. The fourth-order valence-corrected chi connectivity index (χ4v) is 5.01. The maximum atomic E-state index is 12.7. The zero-order valence-electron chi connectivity index (χ0n) is 16.3. The van der Waals surface area contributed by atoms with Crippen LogP contribution in [0.3, 0.4) is 0 Å². The molecule has 2 N–H and O–H groups in total. The molecule has 0 saturated carbocycles. The van der Waals surface area contributed by atoms with E-state index in [-0.39, 0.29) is 10.8 Å². The lowest BCUT2D eigenvalue weighted by molar-refractivity contribution is -0.920. The Morgan fingerprint density at radius 1 is 1.27 bits per heavy atom. The molecule has 0 spiro atoms. The highest BCUT2D eigenvalue weighted by atomic mass is 32.2. The Bertz CT molecular complexity index is 730. The van der Waals surface area contributed by atoms with Gasteiger partial charge in [-0.3, -0.25) is 4.79 Å². The lowest BCUT2D eigenvalue weighted by Crippen LogP contribution is -3.17. The standard InChI is InChI=1S/C19H31N3O3S/c1-5-22(6-2)26(24,25)17-11-10-15(3)18(13-17)20-19(23)14-21-12-8-7-9-16(21)4/h10-11,13,16H,5-9,12,14H2,1-4H3,(H,20,23)/p+1/t16-/m0/s1. The number of amides is 1. The average Bonchev–Trinajstić information content (AvgIpc) is 2.59. The zero-order chi connectivity index (χ0) is 19.3. The molecule has 1 aliphatic heterocycles. The van der Waals surface area contributed by atoms with E-state index in [2.05, 4.69) is 12.2 Å². The number of piperidine rings is 1. The minimum atomic E-state index is -3.54. The third-order valence-electron chi connectivity index (χ3n) is 5.30. The third kappa shape index (κ3) is 4.84. The molecule has 1 saturated heterocycles. The molecule has 1 amide bonds. The minimum absolute atomic E-state index is 0.0609. The number of benzene rings is 1. The van der Waals surface area contributed by atoms with Gasteiger partial charge in [-0.05, 0) is 50.8 Å². The lowest BCUT2D eigenvalue weighted by Gasteiger charge is -2.29. The van der Waals surface area contributed by atoms with Gasteiger partial charge in [0.25, 0.3) is 5.91 Å². The molecule has 1 heterocycles. The molecule has 1 aliphatic rings. The van der Waals surface area contributed by atoms with Crippen LogP contribution in [0.5, 0.6) is 0 Å². The molecule has 26 heavy (non-hydrogen) atoms. The van der Waals surface area contributed by atoms with Gasteiger partial charge in [0.15, 0.2) is 6.54 Å². The molecular weight excluding hydrogens is 350 g/mol. The van der Waals surface area contributed by atoms with Gasteiger partial charge in [-0.2, -0.15) is 4.31 Å². The largest absolute Gasteiger partial charge is 0.325 e. The molecule has 2 atom stereocenters. The highest BCUT2D eigenvalue weighted by molar-refractivity contribution is 7.89. The second-order valence-electron chi connectivity index (χ2n) is 7.10. The van der Waals surface area contributed by atoms with Gasteiger partial charge in [0.1, 0.15) is 0 Å². The molecule has 1 fully saturated rings. The van der Waals surface area contributed by atoms with E-state index in [0.29, 0.717) is 31.4 Å². The average molecular weight is 383 g/mol. The summed E-state index contributed by atoms with van der Waals surface area (Å²) in [5.41, 5.74) is 1.44. The van der Waals surface area contributed by atoms with Crippen molar-refractivity contribution in [3.05, 3.63) is 23.8 Å². The number of nitrogens with one attached hydrogen (secondary N) is 2. The molecule has 1 aromatic carbocycles. The van der Waals surface area contributed by atoms with Crippen LogP contribution >= 0.6 is 0 Å². The maximum Gasteiger partial charge on any atom is 0.279 e. The number of nitrogens with zero attached hydrogens (tertiary/aromatic N) is 1. The summed E-state index contributed by atoms with van der Waals surface area (Å²) in [4.78, 5) is 14.0. The Morgan fingerprint density at radius 3 is 2.58 bits per heavy atom. The van der Waals surface area contributed by atoms with Crippen molar-refractivity contribution in [2.24, 2.45) is 0 Å². The number of anilines is 1. The Morgan fingerprint density at radius 2 is 1.96 bits per heavy atom. The van der Waals surface area contributed by atoms with Gasteiger partial charge in [-0.1, -0.05) is 19.9 Å². The number of carbonyl (C=O) groups is 1. The fourth-order valence-electron chi connectivity index (χ4n) is 3.53. The summed E-state index contributed by atoms with van der Waals surface area (Å²) in [6.45, 7) is 9.98. The molecule has 0 bridgehead atoms. The fraction of sp³-hybridized carbons (Fsp3) is 0.632. The van der Waals surface area contributed by atoms with Gasteiger partial charge >= 0.3 is 0 Å². The molecule has 146 valence electrons. The minimum Gasteiger partial charge on any atom is -0.325 e. The predicted octanol–water partition coefficient (Wildman–Crippen LogP) is 1.42. The number of hydrogen-bond donors (Lipinski definition) is 2. The Labute approximate surface area is 157 Å². The van der Waals surface area contributed by atoms with Crippen molar-refractivity contribution in [1.29, 1.82) is 0 Å². The number of quaternary nitrogens is 1.